The minimum Gasteiger partial charge on any atom is -0.345 e. The number of carbonyl (C=O) groups is 1. The lowest BCUT2D eigenvalue weighted by Crippen LogP contribution is -2.25. The second-order valence-corrected chi connectivity index (χ2v) is 9.80. The van der Waals surface area contributed by atoms with E-state index in [-0.39, 0.29) is 12.5 Å². The Balaban J connectivity index is 1.50. The van der Waals surface area contributed by atoms with Crippen LogP contribution in [0.4, 0.5) is 0 Å². The van der Waals surface area contributed by atoms with Gasteiger partial charge < -0.3 is 5.32 Å². The van der Waals surface area contributed by atoms with Gasteiger partial charge in [0.05, 0.1) is 12.3 Å². The number of aryl methyl sites for hydroxylation is 3. The minimum atomic E-state index is -0.136. The summed E-state index contributed by atoms with van der Waals surface area (Å²) in [5.74, 6) is 1.28. The van der Waals surface area contributed by atoms with Gasteiger partial charge >= 0.3 is 0 Å². The molecule has 4 aromatic rings. The van der Waals surface area contributed by atoms with Gasteiger partial charge in [-0.3, -0.25) is 14.4 Å². The molecule has 0 bridgehead atoms. The van der Waals surface area contributed by atoms with E-state index in [1.165, 1.54) is 4.88 Å². The van der Waals surface area contributed by atoms with Crippen molar-refractivity contribution in [2.75, 3.05) is 0 Å². The van der Waals surface area contributed by atoms with Crippen LogP contribution in [-0.2, 0) is 19.5 Å². The van der Waals surface area contributed by atoms with Gasteiger partial charge in [0.15, 0.2) is 11.6 Å². The first-order valence-electron chi connectivity index (χ1n) is 11.2. The molecule has 1 N–H and O–H groups in total. The average molecular weight is 490 g/mol. The summed E-state index contributed by atoms with van der Waals surface area (Å²) < 4.78 is 2.03. The fraction of sp³-hybridized carbons (Fsp3) is 0.231. The highest BCUT2D eigenvalue weighted by Crippen LogP contribution is 2.34. The number of thiophene rings is 1. The summed E-state index contributed by atoms with van der Waals surface area (Å²) in [4.78, 5) is 18.9. The van der Waals surface area contributed by atoms with Gasteiger partial charge in [0, 0.05) is 26.6 Å². The normalized spacial score (nSPS) is 12.5. The van der Waals surface area contributed by atoms with Crippen molar-refractivity contribution in [2.24, 2.45) is 4.99 Å². The van der Waals surface area contributed by atoms with Crippen LogP contribution in [0.3, 0.4) is 0 Å². The average Bonchev–Trinajstić information content (AvgIpc) is 3.41. The van der Waals surface area contributed by atoms with Crippen LogP contribution in [0.5, 0.6) is 0 Å². The molecule has 0 atom stereocenters. The van der Waals surface area contributed by atoms with Crippen molar-refractivity contribution in [1.82, 2.24) is 20.1 Å². The smallest absolute Gasteiger partial charge is 0.251 e. The molecular weight excluding hydrogens is 466 g/mol. The third-order valence-corrected chi connectivity index (χ3v) is 7.65. The maximum Gasteiger partial charge on any atom is 0.251 e. The van der Waals surface area contributed by atoms with Crippen molar-refractivity contribution in [1.29, 1.82) is 0 Å². The number of hydrogen-bond donors (Lipinski definition) is 1. The lowest BCUT2D eigenvalue weighted by molar-refractivity contribution is 0.0949. The highest BCUT2D eigenvalue weighted by atomic mass is 35.5. The summed E-state index contributed by atoms with van der Waals surface area (Å²) in [7, 11) is 0. The molecule has 1 aliphatic rings. The molecule has 2 aromatic carbocycles. The molecular formula is C26H24ClN5OS. The number of halogens is 1. The van der Waals surface area contributed by atoms with Crippen molar-refractivity contribution in [3.05, 3.63) is 97.9 Å². The molecule has 1 aliphatic heterocycles. The van der Waals surface area contributed by atoms with E-state index in [2.05, 4.69) is 28.5 Å². The van der Waals surface area contributed by atoms with Crippen LogP contribution in [0.25, 0.3) is 5.00 Å². The number of nitrogens with zero attached hydrogens (tertiary/aromatic N) is 4. The van der Waals surface area contributed by atoms with Crippen molar-refractivity contribution < 1.29 is 4.79 Å². The SMILES string of the molecule is CCc1cc2c(s1)-n1c(nnc1CNC(=O)c1ccc(C)c(C)c1)CN=C2c1ccccc1Cl. The van der Waals surface area contributed by atoms with Crippen LogP contribution in [-0.4, -0.2) is 26.4 Å². The van der Waals surface area contributed by atoms with Crippen LogP contribution in [0, 0.1) is 13.8 Å². The summed E-state index contributed by atoms with van der Waals surface area (Å²) in [6.07, 6.45) is 0.907. The Labute approximate surface area is 207 Å². The van der Waals surface area contributed by atoms with Crippen molar-refractivity contribution >= 4 is 34.6 Å². The fourth-order valence-electron chi connectivity index (χ4n) is 4.01. The number of fused-ring (bicyclic) bond motifs is 3. The molecule has 0 radical (unpaired) electrons. The summed E-state index contributed by atoms with van der Waals surface area (Å²) in [6, 6.07) is 15.6. The van der Waals surface area contributed by atoms with Crippen LogP contribution in [0.1, 0.15) is 56.1 Å². The number of aliphatic imine (C=N–C) groups is 1. The molecule has 5 rings (SSSR count). The Kier molecular flexibility index (Phi) is 6.06. The van der Waals surface area contributed by atoms with Gasteiger partial charge in [0.25, 0.3) is 5.91 Å². The number of aromatic nitrogens is 3. The first-order valence-corrected chi connectivity index (χ1v) is 12.4. The predicted molar refractivity (Wildman–Crippen MR) is 136 cm³/mol. The van der Waals surface area contributed by atoms with Gasteiger partial charge in [-0.05, 0) is 55.7 Å². The van der Waals surface area contributed by atoms with Crippen LogP contribution in [0.2, 0.25) is 5.02 Å². The van der Waals surface area contributed by atoms with Crippen molar-refractivity contribution in [2.45, 2.75) is 40.3 Å². The van der Waals surface area contributed by atoms with E-state index in [9.17, 15) is 4.79 Å². The lowest BCUT2D eigenvalue weighted by Gasteiger charge is -2.11. The maximum absolute atomic E-state index is 12.8. The standard InChI is InChI=1S/C26H24ClN5OS/c1-4-18-12-20-24(19-7-5-6-8-21(19)27)28-13-22-30-31-23(32(22)26(20)34-18)14-29-25(33)17-10-9-15(2)16(3)11-17/h5-12H,4,13-14H2,1-3H3,(H,29,33). The van der Waals surface area contributed by atoms with Gasteiger partial charge in [0.2, 0.25) is 0 Å². The largest absolute Gasteiger partial charge is 0.345 e. The Hall–Kier alpha value is -3.29. The maximum atomic E-state index is 12.8. The summed E-state index contributed by atoms with van der Waals surface area (Å²) in [6.45, 7) is 6.81. The van der Waals surface area contributed by atoms with E-state index >= 15 is 0 Å². The molecule has 0 spiro atoms. The van der Waals surface area contributed by atoms with E-state index in [4.69, 9.17) is 16.6 Å². The van der Waals surface area contributed by atoms with Gasteiger partial charge in [-0.15, -0.1) is 21.5 Å². The second kappa shape index (κ2) is 9.16. The molecule has 1 amide bonds. The van der Waals surface area contributed by atoms with E-state index in [0.717, 1.165) is 45.2 Å². The van der Waals surface area contributed by atoms with E-state index < -0.39 is 0 Å². The van der Waals surface area contributed by atoms with E-state index in [1.54, 1.807) is 11.3 Å². The number of rotatable bonds is 5. The molecule has 0 saturated heterocycles. The van der Waals surface area contributed by atoms with Crippen LogP contribution in [0.15, 0.2) is 53.5 Å². The second-order valence-electron chi connectivity index (χ2n) is 8.28. The van der Waals surface area contributed by atoms with Gasteiger partial charge in [-0.1, -0.05) is 42.8 Å². The van der Waals surface area contributed by atoms with Crippen LogP contribution < -0.4 is 5.32 Å². The van der Waals surface area contributed by atoms with Crippen LogP contribution >= 0.6 is 22.9 Å². The third kappa shape index (κ3) is 4.06. The third-order valence-electron chi connectivity index (χ3n) is 6.05. The van der Waals surface area contributed by atoms with Gasteiger partial charge in [-0.25, -0.2) is 0 Å². The molecule has 0 saturated carbocycles. The number of amides is 1. The highest BCUT2D eigenvalue weighted by Gasteiger charge is 2.26. The summed E-state index contributed by atoms with van der Waals surface area (Å²) >= 11 is 8.23. The molecule has 6 nitrogen and oxygen atoms in total. The van der Waals surface area contributed by atoms with Gasteiger partial charge in [0.1, 0.15) is 11.5 Å². The Morgan fingerprint density at radius 2 is 1.91 bits per heavy atom. The Bertz CT molecular complexity index is 1430. The quantitative estimate of drug-likeness (QED) is 0.405. The molecule has 8 heteroatoms. The number of carbonyl (C=O) groups excluding carboxylic acids is 1. The fourth-order valence-corrected chi connectivity index (χ4v) is 5.37. The molecule has 0 aliphatic carbocycles. The zero-order valence-corrected chi connectivity index (χ0v) is 20.8. The summed E-state index contributed by atoms with van der Waals surface area (Å²) in [5.41, 5.74) is 5.64. The zero-order valence-electron chi connectivity index (χ0n) is 19.2. The topological polar surface area (TPSA) is 72.2 Å². The number of benzene rings is 2. The number of hydrogen-bond acceptors (Lipinski definition) is 5. The molecule has 172 valence electrons. The number of nitrogens with one attached hydrogen (secondary N) is 1. The van der Waals surface area contributed by atoms with Crippen molar-refractivity contribution in [3.63, 3.8) is 0 Å². The first kappa shape index (κ1) is 22.5. The molecule has 0 fully saturated rings. The molecule has 34 heavy (non-hydrogen) atoms. The minimum absolute atomic E-state index is 0.136. The van der Waals surface area contributed by atoms with E-state index in [1.807, 2.05) is 60.9 Å². The Morgan fingerprint density at radius 3 is 2.68 bits per heavy atom. The molecule has 3 heterocycles. The molecule has 2 aromatic heterocycles. The monoisotopic (exact) mass is 489 g/mol. The lowest BCUT2D eigenvalue weighted by atomic mass is 10.0. The summed E-state index contributed by atoms with van der Waals surface area (Å²) in [5, 5.41) is 13.5. The first-order chi connectivity index (χ1) is 16.5. The Morgan fingerprint density at radius 1 is 1.09 bits per heavy atom. The predicted octanol–water partition coefficient (Wildman–Crippen LogP) is 5.44. The van der Waals surface area contributed by atoms with Crippen molar-refractivity contribution in [3.8, 4) is 5.00 Å². The van der Waals surface area contributed by atoms with Gasteiger partial charge in [-0.2, -0.15) is 0 Å². The zero-order chi connectivity index (χ0) is 23.8. The van der Waals surface area contributed by atoms with E-state index in [0.29, 0.717) is 23.0 Å². The highest BCUT2D eigenvalue weighted by molar-refractivity contribution is 7.15. The molecule has 0 unspecified atom stereocenters.